The second-order valence-electron chi connectivity index (χ2n) is 3.31. The van der Waals surface area contributed by atoms with Gasteiger partial charge in [0.1, 0.15) is 6.07 Å². The number of hydrogen-bond acceptors (Lipinski definition) is 2. The van der Waals surface area contributed by atoms with Crippen LogP contribution < -0.4 is 0 Å². The van der Waals surface area contributed by atoms with Crippen molar-refractivity contribution in [1.82, 2.24) is 0 Å². The largest absolute Gasteiger partial charge is 0.198 e. The lowest BCUT2D eigenvalue weighted by Crippen LogP contribution is -1.93. The van der Waals surface area contributed by atoms with Gasteiger partial charge in [-0.1, -0.05) is 19.4 Å². The number of rotatable bonds is 3. The van der Waals surface area contributed by atoms with Crippen LogP contribution in [0.5, 0.6) is 0 Å². The molecule has 0 aromatic heterocycles. The minimum atomic E-state index is 0.360. The summed E-state index contributed by atoms with van der Waals surface area (Å²) in [6.45, 7) is 2.09. The highest BCUT2D eigenvalue weighted by Gasteiger charge is 2.07. The fourth-order valence-electron chi connectivity index (χ4n) is 1.48. The summed E-state index contributed by atoms with van der Waals surface area (Å²) in [6, 6.07) is 8.00. The van der Waals surface area contributed by atoms with Gasteiger partial charge in [0.05, 0.1) is 18.1 Å². The number of nitrogens with zero attached hydrogens (tertiary/aromatic N) is 2. The molecule has 0 fully saturated rings. The van der Waals surface area contributed by atoms with E-state index in [1.54, 1.807) is 6.07 Å². The van der Waals surface area contributed by atoms with Gasteiger partial charge in [-0.3, -0.25) is 0 Å². The van der Waals surface area contributed by atoms with E-state index in [-0.39, 0.29) is 0 Å². The minimum absolute atomic E-state index is 0.360. The summed E-state index contributed by atoms with van der Waals surface area (Å²) >= 11 is 3.42. The lowest BCUT2D eigenvalue weighted by Gasteiger charge is -2.07. The summed E-state index contributed by atoms with van der Waals surface area (Å²) in [7, 11) is 0. The fourth-order valence-corrected chi connectivity index (χ4v) is 1.99. The molecule has 0 spiro atoms. The van der Waals surface area contributed by atoms with Crippen molar-refractivity contribution in [2.75, 3.05) is 0 Å². The number of halogens is 1. The molecule has 15 heavy (non-hydrogen) atoms. The van der Waals surface area contributed by atoms with Crippen molar-refractivity contribution in [3.8, 4) is 12.1 Å². The molecule has 0 amide bonds. The molecular weight excluding hydrogens is 252 g/mol. The van der Waals surface area contributed by atoms with Crippen LogP contribution >= 0.6 is 15.9 Å². The first kappa shape index (κ1) is 11.8. The molecule has 0 radical (unpaired) electrons. The molecule has 76 valence electrons. The van der Waals surface area contributed by atoms with Gasteiger partial charge in [-0.05, 0) is 39.5 Å². The summed E-state index contributed by atoms with van der Waals surface area (Å²) in [6.07, 6.45) is 2.31. The highest BCUT2D eigenvalue weighted by molar-refractivity contribution is 9.10. The van der Waals surface area contributed by atoms with E-state index in [0.717, 1.165) is 28.4 Å². The zero-order chi connectivity index (χ0) is 11.3. The summed E-state index contributed by atoms with van der Waals surface area (Å²) in [4.78, 5) is 0. The van der Waals surface area contributed by atoms with E-state index in [0.29, 0.717) is 12.0 Å². The van der Waals surface area contributed by atoms with E-state index in [1.807, 2.05) is 6.07 Å². The molecule has 2 nitrogen and oxygen atoms in total. The van der Waals surface area contributed by atoms with Gasteiger partial charge < -0.3 is 0 Å². The molecule has 0 heterocycles. The van der Waals surface area contributed by atoms with Crippen LogP contribution in [-0.4, -0.2) is 0 Å². The number of hydrogen-bond donors (Lipinski definition) is 0. The van der Waals surface area contributed by atoms with E-state index in [2.05, 4.69) is 35.0 Å². The molecule has 0 aliphatic rings. The van der Waals surface area contributed by atoms with Crippen molar-refractivity contribution in [3.63, 3.8) is 0 Å². The van der Waals surface area contributed by atoms with Crippen molar-refractivity contribution in [3.05, 3.63) is 33.3 Å². The number of aryl methyl sites for hydroxylation is 1. The Labute approximate surface area is 98.3 Å². The van der Waals surface area contributed by atoms with Gasteiger partial charge in [0.25, 0.3) is 0 Å². The highest BCUT2D eigenvalue weighted by Crippen LogP contribution is 2.24. The molecule has 0 N–H and O–H groups in total. The van der Waals surface area contributed by atoms with Crippen molar-refractivity contribution >= 4 is 15.9 Å². The van der Waals surface area contributed by atoms with Crippen molar-refractivity contribution in [1.29, 1.82) is 10.5 Å². The fraction of sp³-hybridized carbons (Fsp3) is 0.333. The van der Waals surface area contributed by atoms with Crippen LogP contribution in [0.4, 0.5) is 0 Å². The maximum atomic E-state index is 8.94. The summed E-state index contributed by atoms with van der Waals surface area (Å²) in [5, 5.41) is 17.6. The van der Waals surface area contributed by atoms with E-state index in [9.17, 15) is 0 Å². The molecule has 0 atom stereocenters. The van der Waals surface area contributed by atoms with Gasteiger partial charge in [-0.25, -0.2) is 0 Å². The van der Waals surface area contributed by atoms with E-state index in [1.165, 1.54) is 0 Å². The second-order valence-corrected chi connectivity index (χ2v) is 4.11. The lowest BCUT2D eigenvalue weighted by molar-refractivity contribution is 0.913. The second kappa shape index (κ2) is 5.53. The molecule has 0 unspecified atom stereocenters. The summed E-state index contributed by atoms with van der Waals surface area (Å²) < 4.78 is 0.869. The monoisotopic (exact) mass is 262 g/mol. The van der Waals surface area contributed by atoms with E-state index >= 15 is 0 Å². The van der Waals surface area contributed by atoms with Crippen LogP contribution in [0.3, 0.4) is 0 Å². The maximum absolute atomic E-state index is 8.94. The molecule has 3 heteroatoms. The Balaban J connectivity index is 3.21. The lowest BCUT2D eigenvalue weighted by atomic mass is 10.0. The SMILES string of the molecule is CCCc1cc(CC#N)cc(C#N)c1Br. The zero-order valence-corrected chi connectivity index (χ0v) is 10.1. The van der Waals surface area contributed by atoms with Crippen LogP contribution in [0.2, 0.25) is 0 Å². The third-order valence-electron chi connectivity index (χ3n) is 2.13. The number of benzene rings is 1. The predicted octanol–water partition coefficient (Wildman–Crippen LogP) is 3.34. The standard InChI is InChI=1S/C12H11BrN2/c1-2-3-10-6-9(4-5-14)7-11(8-15)12(10)13/h6-7H,2-4H2,1H3. The van der Waals surface area contributed by atoms with E-state index < -0.39 is 0 Å². The highest BCUT2D eigenvalue weighted by atomic mass is 79.9. The molecular formula is C12H11BrN2. The normalized spacial score (nSPS) is 9.33. The Bertz CT molecular complexity index is 438. The summed E-state index contributed by atoms with van der Waals surface area (Å²) in [5.74, 6) is 0. The van der Waals surface area contributed by atoms with Gasteiger partial charge in [0.2, 0.25) is 0 Å². The smallest absolute Gasteiger partial charge is 0.100 e. The van der Waals surface area contributed by atoms with Crippen LogP contribution in [0.15, 0.2) is 16.6 Å². The first-order valence-corrected chi connectivity index (χ1v) is 5.60. The average molecular weight is 263 g/mol. The predicted molar refractivity (Wildman–Crippen MR) is 62.2 cm³/mol. The van der Waals surface area contributed by atoms with Crippen LogP contribution in [0.25, 0.3) is 0 Å². The van der Waals surface area contributed by atoms with Crippen molar-refractivity contribution in [2.45, 2.75) is 26.2 Å². The van der Waals surface area contributed by atoms with Gasteiger partial charge >= 0.3 is 0 Å². The molecule has 0 saturated heterocycles. The number of nitriles is 2. The van der Waals surface area contributed by atoms with Crippen molar-refractivity contribution in [2.24, 2.45) is 0 Å². The Morgan fingerprint density at radius 2 is 2.07 bits per heavy atom. The molecule has 0 aliphatic carbocycles. The Morgan fingerprint density at radius 1 is 1.33 bits per heavy atom. The molecule has 1 aromatic carbocycles. The van der Waals surface area contributed by atoms with E-state index in [4.69, 9.17) is 10.5 Å². The molecule has 1 rings (SSSR count). The van der Waals surface area contributed by atoms with Gasteiger partial charge in [-0.2, -0.15) is 10.5 Å². The third-order valence-corrected chi connectivity index (χ3v) is 3.07. The Hall–Kier alpha value is -1.32. The topological polar surface area (TPSA) is 47.6 Å². The maximum Gasteiger partial charge on any atom is 0.100 e. The quantitative estimate of drug-likeness (QED) is 0.839. The van der Waals surface area contributed by atoms with Crippen LogP contribution in [0, 0.1) is 22.7 Å². The Morgan fingerprint density at radius 3 is 2.60 bits per heavy atom. The average Bonchev–Trinajstić information content (AvgIpc) is 2.23. The zero-order valence-electron chi connectivity index (χ0n) is 8.55. The van der Waals surface area contributed by atoms with Gasteiger partial charge in [0.15, 0.2) is 0 Å². The van der Waals surface area contributed by atoms with Crippen LogP contribution in [0.1, 0.15) is 30.0 Å². The van der Waals surface area contributed by atoms with Gasteiger partial charge in [-0.15, -0.1) is 0 Å². The van der Waals surface area contributed by atoms with Crippen LogP contribution in [-0.2, 0) is 12.8 Å². The molecule has 0 saturated carbocycles. The molecule has 1 aromatic rings. The minimum Gasteiger partial charge on any atom is -0.198 e. The first-order valence-electron chi connectivity index (χ1n) is 4.81. The Kier molecular flexibility index (Phi) is 4.34. The third kappa shape index (κ3) is 2.81. The summed E-state index contributed by atoms with van der Waals surface area (Å²) in [5.41, 5.74) is 2.65. The molecule has 0 aliphatic heterocycles. The first-order chi connectivity index (χ1) is 7.22. The van der Waals surface area contributed by atoms with Gasteiger partial charge in [0, 0.05) is 4.47 Å². The molecule has 0 bridgehead atoms. The van der Waals surface area contributed by atoms with Crippen molar-refractivity contribution < 1.29 is 0 Å².